The minimum Gasteiger partial charge on any atom is -1.00 e. The molecule has 23 heavy (non-hydrogen) atoms. The van der Waals surface area contributed by atoms with Crippen molar-refractivity contribution in [2.75, 3.05) is 0 Å². The van der Waals surface area contributed by atoms with Gasteiger partial charge in [-0.3, -0.25) is 0 Å². The summed E-state index contributed by atoms with van der Waals surface area (Å²) < 4.78 is 4.99. The van der Waals surface area contributed by atoms with Gasteiger partial charge in [-0.05, 0) is 0 Å². The van der Waals surface area contributed by atoms with Gasteiger partial charge >= 0.3 is 21.7 Å². The van der Waals surface area contributed by atoms with Gasteiger partial charge in [0.05, 0.1) is 0 Å². The summed E-state index contributed by atoms with van der Waals surface area (Å²) in [5.74, 6) is 0. The molecule has 0 saturated heterocycles. The zero-order valence-corrected chi connectivity index (χ0v) is 20.8. The number of rotatable bonds is 2. The Balaban J connectivity index is -0.000000308. The Labute approximate surface area is 175 Å². The topological polar surface area (TPSA) is 6.48 Å². The van der Waals surface area contributed by atoms with E-state index in [9.17, 15) is 0 Å². The van der Waals surface area contributed by atoms with Crippen LogP contribution in [0.4, 0.5) is 0 Å². The summed E-state index contributed by atoms with van der Waals surface area (Å²) >= 11 is 0. The quantitative estimate of drug-likeness (QED) is 0.376. The molecule has 0 radical (unpaired) electrons. The van der Waals surface area contributed by atoms with E-state index < -0.39 is 16.5 Å². The molecular formula is C14H30B2Cl2N2Si2Ti. The fraction of sp³-hybridized carbons (Fsp3) is 0.571. The molecule has 9 heteroatoms. The molecule has 0 fully saturated rings. The van der Waals surface area contributed by atoms with Crippen molar-refractivity contribution in [3.63, 3.8) is 0 Å². The van der Waals surface area contributed by atoms with Gasteiger partial charge in [0.15, 0.2) is 0 Å². The first-order chi connectivity index (χ1) is 9.03. The Morgan fingerprint density at radius 2 is 0.957 bits per heavy atom. The molecule has 0 unspecified atom stereocenters. The van der Waals surface area contributed by atoms with E-state index in [0.29, 0.717) is 13.7 Å². The molecule has 0 aromatic heterocycles. The van der Waals surface area contributed by atoms with Gasteiger partial charge in [-0.25, -0.2) is 24.8 Å². The minimum atomic E-state index is -1.07. The Kier molecular flexibility index (Phi) is 14.0. The molecule has 0 amide bonds. The average Bonchev–Trinajstić information content (AvgIpc) is 2.85. The summed E-state index contributed by atoms with van der Waals surface area (Å²) in [5.41, 5.74) is 0. The normalized spacial score (nSPS) is 15.7. The van der Waals surface area contributed by atoms with E-state index in [2.05, 4.69) is 99.1 Å². The second-order valence-electron chi connectivity index (χ2n) is 7.71. The molecule has 128 valence electrons. The van der Waals surface area contributed by atoms with Crippen LogP contribution >= 0.6 is 0 Å². The first kappa shape index (κ1) is 28.5. The van der Waals surface area contributed by atoms with Crippen LogP contribution in [-0.2, 0) is 21.7 Å². The van der Waals surface area contributed by atoms with E-state index in [0.717, 1.165) is 0 Å². The average molecular weight is 423 g/mol. The molecule has 0 aliphatic carbocycles. The zero-order valence-electron chi connectivity index (χ0n) is 15.8. The predicted molar refractivity (Wildman–Crippen MR) is 100 cm³/mol. The number of hydrogen-bond donors (Lipinski definition) is 0. The Morgan fingerprint density at radius 3 is 1.04 bits per heavy atom. The third kappa shape index (κ3) is 9.08. The summed E-state index contributed by atoms with van der Waals surface area (Å²) in [6.45, 7) is 20.0. The van der Waals surface area contributed by atoms with Crippen LogP contribution in [0.2, 0.25) is 52.9 Å². The summed E-state index contributed by atoms with van der Waals surface area (Å²) in [4.78, 5) is 0. The zero-order chi connectivity index (χ0) is 15.6. The van der Waals surface area contributed by atoms with Crippen molar-refractivity contribution in [3.8, 4) is 0 Å². The maximum Gasteiger partial charge on any atom is 4.00 e. The summed E-state index contributed by atoms with van der Waals surface area (Å²) in [6.07, 6.45) is 13.2. The van der Waals surface area contributed by atoms with Crippen molar-refractivity contribution >= 4 is 30.2 Å². The summed E-state index contributed by atoms with van der Waals surface area (Å²) in [5, 5.41) is 0. The first-order valence-electron chi connectivity index (χ1n) is 7.63. The maximum absolute atomic E-state index is 2.49. The predicted octanol–water partition coefficient (Wildman–Crippen LogP) is -1.96. The van der Waals surface area contributed by atoms with E-state index in [-0.39, 0.29) is 46.5 Å². The van der Waals surface area contributed by atoms with Crippen LogP contribution in [0.5, 0.6) is 0 Å². The summed E-state index contributed by atoms with van der Waals surface area (Å²) in [6, 6.07) is 0. The molecule has 2 aliphatic rings. The van der Waals surface area contributed by atoms with E-state index in [1.807, 2.05) is 0 Å². The van der Waals surface area contributed by atoms with Gasteiger partial charge in [0, 0.05) is 0 Å². The molecule has 0 N–H and O–H groups in total. The number of allylic oxidation sites excluding steroid dienone is 2. The van der Waals surface area contributed by atoms with E-state index >= 15 is 0 Å². The molecule has 2 nitrogen and oxygen atoms in total. The number of hydrogen-bond acceptors (Lipinski definition) is 2. The Bertz CT molecular complexity index is 352. The monoisotopic (exact) mass is 422 g/mol. The van der Waals surface area contributed by atoms with Crippen LogP contribution in [0.25, 0.3) is 0 Å². The van der Waals surface area contributed by atoms with Gasteiger partial charge in [-0.15, -0.1) is 0 Å². The van der Waals surface area contributed by atoms with Crippen molar-refractivity contribution < 1.29 is 46.5 Å². The van der Waals surface area contributed by atoms with Gasteiger partial charge in [-0.1, -0.05) is 52.9 Å². The van der Waals surface area contributed by atoms with Crippen LogP contribution in [0.3, 0.4) is 0 Å². The Hall–Kier alpha value is 0.678. The van der Waals surface area contributed by atoms with Crippen molar-refractivity contribution in [3.05, 3.63) is 37.2 Å². The fourth-order valence-electron chi connectivity index (χ4n) is 2.73. The third-order valence-electron chi connectivity index (χ3n) is 3.70. The van der Waals surface area contributed by atoms with Crippen LogP contribution in [0, 0.1) is 12.6 Å². The first-order valence-corrected chi connectivity index (χ1v) is 14.5. The second kappa shape index (κ2) is 11.3. The molecular weight excluding hydrogens is 393 g/mol. The molecule has 0 aromatic carbocycles. The van der Waals surface area contributed by atoms with Crippen LogP contribution in [0.15, 0.2) is 24.6 Å². The SMILES string of the molecule is CB1[CH-]C=CN1[Si](C)(C)C.CB1[CH-]C=CN1[Si](C)(C)C.[Cl-].[Cl-].[Ti+4]. The molecule has 0 saturated carbocycles. The molecule has 2 rings (SSSR count). The minimum absolute atomic E-state index is 0. The third-order valence-corrected chi connectivity index (χ3v) is 7.91. The van der Waals surface area contributed by atoms with Gasteiger partial charge in [-0.2, -0.15) is 12.4 Å². The maximum atomic E-state index is 2.49. The summed E-state index contributed by atoms with van der Waals surface area (Å²) in [7, 11) is -2.14. The largest absolute Gasteiger partial charge is 4.00 e. The van der Waals surface area contributed by atoms with Gasteiger partial charge in [0.2, 0.25) is 0 Å². The smallest absolute Gasteiger partial charge is 1.00 e. The van der Waals surface area contributed by atoms with Gasteiger partial charge < -0.3 is 33.8 Å². The fourth-order valence-corrected chi connectivity index (χ4v) is 6.41. The molecule has 0 bridgehead atoms. The van der Waals surface area contributed by atoms with Crippen molar-refractivity contribution in [2.45, 2.75) is 52.9 Å². The molecule has 0 aromatic rings. The number of nitrogens with zero attached hydrogens (tertiary/aromatic N) is 2. The Morgan fingerprint density at radius 1 is 0.696 bits per heavy atom. The van der Waals surface area contributed by atoms with Crippen molar-refractivity contribution in [1.82, 2.24) is 8.95 Å². The standard InChI is InChI=1S/2C7H15BNSi.2ClH.Ti/c2*1-8-6-5-7-9(8)10(2,3)4;;;/h2*5-7H,1-4H3;2*1H;/q2*-1;;;+4/p-2. The van der Waals surface area contributed by atoms with E-state index in [4.69, 9.17) is 0 Å². The number of halogens is 2. The molecule has 0 atom stereocenters. The molecule has 0 spiro atoms. The van der Waals surface area contributed by atoms with E-state index in [1.54, 1.807) is 0 Å². The van der Waals surface area contributed by atoms with Crippen LogP contribution < -0.4 is 24.8 Å². The van der Waals surface area contributed by atoms with Crippen molar-refractivity contribution in [1.29, 1.82) is 0 Å². The van der Waals surface area contributed by atoms with Crippen LogP contribution in [0.1, 0.15) is 0 Å². The second-order valence-corrected chi connectivity index (χ2v) is 17.4. The van der Waals surface area contributed by atoms with Crippen molar-refractivity contribution in [2.24, 2.45) is 0 Å². The van der Waals surface area contributed by atoms with Gasteiger partial charge in [0.1, 0.15) is 30.2 Å². The van der Waals surface area contributed by atoms with E-state index in [1.165, 1.54) is 0 Å². The van der Waals surface area contributed by atoms with Gasteiger partial charge in [0.25, 0.3) is 0 Å². The molecule has 2 aliphatic heterocycles. The molecule has 2 heterocycles. The van der Waals surface area contributed by atoms with Crippen LogP contribution in [-0.4, -0.2) is 39.1 Å².